The van der Waals surface area contributed by atoms with Crippen LogP contribution in [0.3, 0.4) is 0 Å². The Bertz CT molecular complexity index is 1040. The Labute approximate surface area is 418 Å². The van der Waals surface area contributed by atoms with Crippen molar-refractivity contribution in [1.82, 2.24) is 0 Å². The number of rotatable bonds is 56. The zero-order valence-corrected chi connectivity index (χ0v) is 45.5. The number of esters is 3. The van der Waals surface area contributed by atoms with Crippen molar-refractivity contribution in [2.24, 2.45) is 0 Å². The van der Waals surface area contributed by atoms with Crippen LogP contribution in [-0.2, 0) is 28.6 Å². The molecule has 0 aromatic heterocycles. The van der Waals surface area contributed by atoms with Gasteiger partial charge in [-0.25, -0.2) is 0 Å². The van der Waals surface area contributed by atoms with Crippen molar-refractivity contribution in [3.8, 4) is 0 Å². The SMILES string of the molecule is CCCCCCCCC/C=C\CCCCCCCC(=O)OC(COC(=O)CCCCCCCC)COC(=O)CCCCCCCCCCCCCCCCCCCCCCCCCCCCC. The molecule has 0 amide bonds. The first-order chi connectivity index (χ1) is 33.0. The van der Waals surface area contributed by atoms with Gasteiger partial charge in [0.1, 0.15) is 13.2 Å². The van der Waals surface area contributed by atoms with Gasteiger partial charge in [-0.2, -0.15) is 0 Å². The Balaban J connectivity index is 4.00. The summed E-state index contributed by atoms with van der Waals surface area (Å²) in [6, 6.07) is 0. The summed E-state index contributed by atoms with van der Waals surface area (Å²) in [4.78, 5) is 37.9. The maximum absolute atomic E-state index is 12.8. The average Bonchev–Trinajstić information content (AvgIpc) is 3.33. The minimum atomic E-state index is -0.767. The number of allylic oxidation sites excluding steroid dienone is 2. The van der Waals surface area contributed by atoms with Gasteiger partial charge in [0.15, 0.2) is 6.10 Å². The molecule has 0 N–H and O–H groups in total. The Kier molecular flexibility index (Phi) is 55.2. The number of carbonyl (C=O) groups is 3. The molecule has 67 heavy (non-hydrogen) atoms. The predicted molar refractivity (Wildman–Crippen MR) is 289 cm³/mol. The molecule has 0 aromatic carbocycles. The third-order valence-corrected chi connectivity index (χ3v) is 13.8. The number of ether oxygens (including phenoxy) is 3. The lowest BCUT2D eigenvalue weighted by molar-refractivity contribution is -0.167. The average molecular weight is 946 g/mol. The van der Waals surface area contributed by atoms with Crippen LogP contribution in [0.1, 0.15) is 342 Å². The Hall–Kier alpha value is -1.85. The van der Waals surface area contributed by atoms with Gasteiger partial charge in [-0.15, -0.1) is 0 Å². The molecule has 0 bridgehead atoms. The molecule has 0 aromatic rings. The minimum Gasteiger partial charge on any atom is -0.462 e. The van der Waals surface area contributed by atoms with Crippen LogP contribution in [0.2, 0.25) is 0 Å². The molecule has 0 saturated heterocycles. The van der Waals surface area contributed by atoms with Crippen LogP contribution in [0.25, 0.3) is 0 Å². The van der Waals surface area contributed by atoms with Crippen LogP contribution in [0.15, 0.2) is 12.2 Å². The first kappa shape index (κ1) is 65.1. The van der Waals surface area contributed by atoms with Gasteiger partial charge in [-0.3, -0.25) is 14.4 Å². The molecule has 1 unspecified atom stereocenters. The molecule has 0 fully saturated rings. The fourth-order valence-electron chi connectivity index (χ4n) is 9.21. The lowest BCUT2D eigenvalue weighted by Crippen LogP contribution is -2.30. The molecule has 0 spiro atoms. The predicted octanol–water partition coefficient (Wildman–Crippen LogP) is 20.1. The van der Waals surface area contributed by atoms with Crippen LogP contribution in [0.4, 0.5) is 0 Å². The van der Waals surface area contributed by atoms with Gasteiger partial charge in [0, 0.05) is 19.3 Å². The zero-order chi connectivity index (χ0) is 48.6. The summed E-state index contributed by atoms with van der Waals surface area (Å²) in [5.41, 5.74) is 0. The minimum absolute atomic E-state index is 0.0686. The number of hydrogen-bond acceptors (Lipinski definition) is 6. The summed E-state index contributed by atoms with van der Waals surface area (Å²) in [6.45, 7) is 6.63. The highest BCUT2D eigenvalue weighted by atomic mass is 16.6. The fourth-order valence-corrected chi connectivity index (χ4v) is 9.21. The number of unbranched alkanes of at least 4 members (excludes halogenated alkanes) is 43. The molecule has 0 aliphatic rings. The van der Waals surface area contributed by atoms with Crippen molar-refractivity contribution in [3.63, 3.8) is 0 Å². The lowest BCUT2D eigenvalue weighted by Gasteiger charge is -2.18. The molecule has 6 heteroatoms. The quantitative estimate of drug-likeness (QED) is 0.0262. The van der Waals surface area contributed by atoms with E-state index in [1.807, 2.05) is 0 Å². The summed E-state index contributed by atoms with van der Waals surface area (Å²) in [7, 11) is 0. The van der Waals surface area contributed by atoms with E-state index >= 15 is 0 Å². The second-order valence-corrected chi connectivity index (χ2v) is 20.6. The monoisotopic (exact) mass is 945 g/mol. The second kappa shape index (κ2) is 56.7. The van der Waals surface area contributed by atoms with Crippen molar-refractivity contribution < 1.29 is 28.6 Å². The van der Waals surface area contributed by atoms with Crippen LogP contribution in [-0.4, -0.2) is 37.2 Å². The summed E-state index contributed by atoms with van der Waals surface area (Å²) >= 11 is 0. The van der Waals surface area contributed by atoms with Crippen molar-refractivity contribution in [2.75, 3.05) is 13.2 Å². The maximum atomic E-state index is 12.8. The topological polar surface area (TPSA) is 78.9 Å². The van der Waals surface area contributed by atoms with Crippen LogP contribution in [0.5, 0.6) is 0 Å². The van der Waals surface area contributed by atoms with E-state index in [0.29, 0.717) is 19.3 Å². The molecule has 0 saturated carbocycles. The van der Waals surface area contributed by atoms with E-state index in [4.69, 9.17) is 14.2 Å². The highest BCUT2D eigenvalue weighted by Crippen LogP contribution is 2.18. The van der Waals surface area contributed by atoms with Crippen molar-refractivity contribution in [1.29, 1.82) is 0 Å². The zero-order valence-electron chi connectivity index (χ0n) is 45.5. The van der Waals surface area contributed by atoms with Crippen molar-refractivity contribution in [3.05, 3.63) is 12.2 Å². The van der Waals surface area contributed by atoms with E-state index in [1.165, 1.54) is 238 Å². The van der Waals surface area contributed by atoms with E-state index in [1.54, 1.807) is 0 Å². The third-order valence-electron chi connectivity index (χ3n) is 13.8. The van der Waals surface area contributed by atoms with Gasteiger partial charge in [-0.1, -0.05) is 290 Å². The molecule has 396 valence electrons. The summed E-state index contributed by atoms with van der Waals surface area (Å²) in [6.07, 6.45) is 65.4. The molecule has 0 aliphatic heterocycles. The Morgan fingerprint density at radius 1 is 0.284 bits per heavy atom. The highest BCUT2D eigenvalue weighted by Gasteiger charge is 2.19. The van der Waals surface area contributed by atoms with E-state index in [0.717, 1.165) is 64.2 Å². The number of hydrogen-bond donors (Lipinski definition) is 0. The molecule has 0 rings (SSSR count). The Morgan fingerprint density at radius 3 is 0.746 bits per heavy atom. The largest absolute Gasteiger partial charge is 0.462 e. The summed E-state index contributed by atoms with van der Waals surface area (Å²) in [5, 5.41) is 0. The third kappa shape index (κ3) is 55.0. The van der Waals surface area contributed by atoms with Gasteiger partial charge >= 0.3 is 17.9 Å². The van der Waals surface area contributed by atoms with Crippen LogP contribution < -0.4 is 0 Å². The van der Waals surface area contributed by atoms with Gasteiger partial charge in [0.25, 0.3) is 0 Å². The van der Waals surface area contributed by atoms with Gasteiger partial charge in [-0.05, 0) is 44.9 Å². The first-order valence-electron chi connectivity index (χ1n) is 30.2. The maximum Gasteiger partial charge on any atom is 0.306 e. The van der Waals surface area contributed by atoms with E-state index < -0.39 is 6.10 Å². The highest BCUT2D eigenvalue weighted by molar-refractivity contribution is 5.71. The lowest BCUT2D eigenvalue weighted by atomic mass is 10.0. The van der Waals surface area contributed by atoms with Gasteiger partial charge in [0.2, 0.25) is 0 Å². The molecule has 0 radical (unpaired) electrons. The van der Waals surface area contributed by atoms with Crippen LogP contribution in [0, 0.1) is 0 Å². The number of carbonyl (C=O) groups excluding carboxylic acids is 3. The van der Waals surface area contributed by atoms with Crippen molar-refractivity contribution >= 4 is 17.9 Å². The van der Waals surface area contributed by atoms with Gasteiger partial charge in [0.05, 0.1) is 0 Å². The molecule has 0 heterocycles. The van der Waals surface area contributed by atoms with E-state index in [-0.39, 0.29) is 31.1 Å². The molecule has 0 aliphatic carbocycles. The first-order valence-corrected chi connectivity index (χ1v) is 30.2. The second-order valence-electron chi connectivity index (χ2n) is 20.6. The standard InChI is InChI=1S/C61H116O6/c1-4-7-10-13-16-18-20-22-24-26-27-28-29-30-31-32-33-34-35-36-38-39-41-43-45-48-51-54-60(63)66-57-58(56-65-59(62)53-50-47-15-12-9-6-3)67-61(64)55-52-49-46-44-42-40-37-25-23-21-19-17-14-11-8-5-2/h25,37,58H,4-24,26-36,38-57H2,1-3H3/b37-25-. The molecular formula is C61H116O6. The fraction of sp³-hybridized carbons (Fsp3) is 0.918. The molecule has 1 atom stereocenters. The van der Waals surface area contributed by atoms with E-state index in [9.17, 15) is 14.4 Å². The van der Waals surface area contributed by atoms with Crippen LogP contribution >= 0.6 is 0 Å². The Morgan fingerprint density at radius 2 is 0.493 bits per heavy atom. The van der Waals surface area contributed by atoms with Crippen molar-refractivity contribution in [2.45, 2.75) is 348 Å². The molecule has 6 nitrogen and oxygen atoms in total. The summed E-state index contributed by atoms with van der Waals surface area (Å²) in [5.74, 6) is -0.866. The van der Waals surface area contributed by atoms with Gasteiger partial charge < -0.3 is 14.2 Å². The normalized spacial score (nSPS) is 12.0. The molecular weight excluding hydrogens is 829 g/mol. The summed E-state index contributed by atoms with van der Waals surface area (Å²) < 4.78 is 16.8. The van der Waals surface area contributed by atoms with E-state index in [2.05, 4.69) is 32.9 Å². The smallest absolute Gasteiger partial charge is 0.306 e.